The van der Waals surface area contributed by atoms with Gasteiger partial charge in [0.2, 0.25) is 0 Å². The second-order valence-electron chi connectivity index (χ2n) is 6.18. The van der Waals surface area contributed by atoms with Crippen LogP contribution in [0.25, 0.3) is 10.8 Å². The summed E-state index contributed by atoms with van der Waals surface area (Å²) < 4.78 is 24.3. The number of hydrogen-bond donors (Lipinski definition) is 1. The monoisotopic (exact) mass is 432 g/mol. The van der Waals surface area contributed by atoms with E-state index in [-0.39, 0.29) is 22.1 Å². The van der Waals surface area contributed by atoms with Gasteiger partial charge in [-0.15, -0.1) is 0 Å². The first-order valence-corrected chi connectivity index (χ1v) is 10.00. The molecule has 0 aliphatic rings. The topological polar surface area (TPSA) is 176 Å². The molecule has 13 heteroatoms. The van der Waals surface area contributed by atoms with Crippen LogP contribution in [0.3, 0.4) is 0 Å². The Morgan fingerprint density at radius 1 is 0.800 bits per heavy atom. The molecule has 0 aliphatic heterocycles. The van der Waals surface area contributed by atoms with E-state index in [1.807, 2.05) is 0 Å². The summed E-state index contributed by atoms with van der Waals surface area (Å²) >= 11 is 0. The first-order valence-electron chi connectivity index (χ1n) is 8.10. The maximum absolute atomic E-state index is 12.2. The van der Waals surface area contributed by atoms with Gasteiger partial charge in [0.05, 0.1) is 36.8 Å². The molecule has 0 spiro atoms. The predicted molar refractivity (Wildman–Crippen MR) is 107 cm³/mol. The third kappa shape index (κ3) is 3.73. The minimum Gasteiger partial charge on any atom is -0.348 e. The van der Waals surface area contributed by atoms with E-state index < -0.39 is 46.6 Å². The molecule has 0 radical (unpaired) electrons. The maximum atomic E-state index is 12.2. The zero-order valence-electron chi connectivity index (χ0n) is 15.1. The SMILES string of the molecule is CS(=O)(=O)c1cc([N+](=O)[O-])ccc1Nc1c([N+](=O)[O-])cc([N+](=O)[O-])c2ccccc12. The zero-order valence-corrected chi connectivity index (χ0v) is 16.0. The molecule has 0 aliphatic carbocycles. The van der Waals surface area contributed by atoms with Gasteiger partial charge in [-0.3, -0.25) is 30.3 Å². The number of rotatable bonds is 6. The van der Waals surface area contributed by atoms with Crippen molar-refractivity contribution in [2.75, 3.05) is 11.6 Å². The minimum absolute atomic E-state index is 0.0958. The molecule has 0 atom stereocenters. The smallest absolute Gasteiger partial charge is 0.300 e. The van der Waals surface area contributed by atoms with Gasteiger partial charge in [0.25, 0.3) is 17.1 Å². The van der Waals surface area contributed by atoms with Crippen molar-refractivity contribution in [1.29, 1.82) is 0 Å². The van der Waals surface area contributed by atoms with Gasteiger partial charge in [0, 0.05) is 23.8 Å². The summed E-state index contributed by atoms with van der Waals surface area (Å²) in [6.07, 6.45) is 0.833. The fourth-order valence-electron chi connectivity index (χ4n) is 2.94. The Morgan fingerprint density at radius 3 is 1.93 bits per heavy atom. The molecule has 0 bridgehead atoms. The number of nitrogens with one attached hydrogen (secondary N) is 1. The van der Waals surface area contributed by atoms with Crippen molar-refractivity contribution in [3.63, 3.8) is 0 Å². The molecule has 0 unspecified atom stereocenters. The van der Waals surface area contributed by atoms with Crippen LogP contribution in [0.15, 0.2) is 53.4 Å². The maximum Gasteiger partial charge on any atom is 0.300 e. The molecule has 12 nitrogen and oxygen atoms in total. The van der Waals surface area contributed by atoms with Crippen LogP contribution >= 0.6 is 0 Å². The van der Waals surface area contributed by atoms with Crippen molar-refractivity contribution < 1.29 is 23.2 Å². The molecule has 0 saturated carbocycles. The molecular formula is C17H12N4O8S. The Bertz CT molecular complexity index is 1340. The third-order valence-corrected chi connectivity index (χ3v) is 5.37. The quantitative estimate of drug-likeness (QED) is 0.449. The summed E-state index contributed by atoms with van der Waals surface area (Å²) in [5.74, 6) is 0. The van der Waals surface area contributed by atoms with Crippen molar-refractivity contribution >= 4 is 49.0 Å². The lowest BCUT2D eigenvalue weighted by atomic mass is 10.0. The molecular weight excluding hydrogens is 420 g/mol. The first kappa shape index (κ1) is 20.6. The normalized spacial score (nSPS) is 11.2. The van der Waals surface area contributed by atoms with E-state index in [1.165, 1.54) is 24.3 Å². The van der Waals surface area contributed by atoms with Gasteiger partial charge in [0.1, 0.15) is 5.69 Å². The summed E-state index contributed by atoms with van der Waals surface area (Å²) in [4.78, 5) is 31.1. The Balaban J connectivity index is 2.33. The Labute approximate surface area is 168 Å². The zero-order chi connectivity index (χ0) is 22.2. The highest BCUT2D eigenvalue weighted by Crippen LogP contribution is 2.41. The molecule has 1 N–H and O–H groups in total. The molecule has 30 heavy (non-hydrogen) atoms. The van der Waals surface area contributed by atoms with Gasteiger partial charge in [-0.05, 0) is 12.1 Å². The van der Waals surface area contributed by atoms with Gasteiger partial charge >= 0.3 is 0 Å². The van der Waals surface area contributed by atoms with E-state index >= 15 is 0 Å². The van der Waals surface area contributed by atoms with E-state index in [9.17, 15) is 38.8 Å². The van der Waals surface area contributed by atoms with Crippen LogP contribution in [-0.2, 0) is 9.84 Å². The number of non-ortho nitro benzene ring substituents is 2. The van der Waals surface area contributed by atoms with E-state index in [2.05, 4.69) is 5.32 Å². The number of nitro groups is 3. The van der Waals surface area contributed by atoms with E-state index in [1.54, 1.807) is 0 Å². The molecule has 3 aromatic carbocycles. The average molecular weight is 432 g/mol. The lowest BCUT2D eigenvalue weighted by Crippen LogP contribution is -2.06. The first-order chi connectivity index (χ1) is 14.0. The van der Waals surface area contributed by atoms with E-state index in [0.717, 1.165) is 30.5 Å². The van der Waals surface area contributed by atoms with Gasteiger partial charge in [-0.1, -0.05) is 18.2 Å². The van der Waals surface area contributed by atoms with Crippen molar-refractivity contribution in [2.24, 2.45) is 0 Å². The minimum atomic E-state index is -3.96. The molecule has 3 rings (SSSR count). The molecule has 3 aromatic rings. The largest absolute Gasteiger partial charge is 0.348 e. The molecule has 0 heterocycles. The molecule has 0 saturated heterocycles. The highest BCUT2D eigenvalue weighted by atomic mass is 32.2. The summed E-state index contributed by atoms with van der Waals surface area (Å²) in [5, 5.41) is 36.8. The Hall–Kier alpha value is -4.13. The Morgan fingerprint density at radius 2 is 1.40 bits per heavy atom. The fourth-order valence-corrected chi connectivity index (χ4v) is 3.79. The van der Waals surface area contributed by atoms with Crippen LogP contribution in [0.1, 0.15) is 0 Å². The fraction of sp³-hybridized carbons (Fsp3) is 0.0588. The lowest BCUT2D eigenvalue weighted by molar-refractivity contribution is -0.392. The summed E-state index contributed by atoms with van der Waals surface area (Å²) in [6, 6.07) is 9.57. The number of nitro benzene ring substituents is 3. The van der Waals surface area contributed by atoms with Gasteiger partial charge in [-0.2, -0.15) is 0 Å². The molecule has 154 valence electrons. The summed E-state index contributed by atoms with van der Waals surface area (Å²) in [5.41, 5.74) is -1.96. The highest BCUT2D eigenvalue weighted by Gasteiger charge is 2.27. The van der Waals surface area contributed by atoms with Crippen LogP contribution in [-0.4, -0.2) is 29.4 Å². The number of hydrogen-bond acceptors (Lipinski definition) is 9. The lowest BCUT2D eigenvalue weighted by Gasteiger charge is -2.13. The van der Waals surface area contributed by atoms with Crippen molar-refractivity contribution in [3.05, 3.63) is 78.9 Å². The van der Waals surface area contributed by atoms with Crippen LogP contribution in [0.5, 0.6) is 0 Å². The van der Waals surface area contributed by atoms with E-state index in [0.29, 0.717) is 0 Å². The van der Waals surface area contributed by atoms with Crippen LogP contribution in [0.4, 0.5) is 28.4 Å². The number of anilines is 2. The van der Waals surface area contributed by atoms with Crippen molar-refractivity contribution in [2.45, 2.75) is 4.90 Å². The number of fused-ring (bicyclic) bond motifs is 1. The number of sulfone groups is 1. The predicted octanol–water partition coefficient (Wildman–Crippen LogP) is 3.71. The van der Waals surface area contributed by atoms with Gasteiger partial charge < -0.3 is 5.32 Å². The van der Waals surface area contributed by atoms with Crippen LogP contribution in [0, 0.1) is 30.3 Å². The number of benzene rings is 3. The number of nitrogens with zero attached hydrogens (tertiary/aromatic N) is 3. The van der Waals surface area contributed by atoms with Crippen LogP contribution < -0.4 is 5.32 Å². The molecule has 0 amide bonds. The second-order valence-corrected chi connectivity index (χ2v) is 8.17. The average Bonchev–Trinajstić information content (AvgIpc) is 2.66. The summed E-state index contributed by atoms with van der Waals surface area (Å²) in [6.45, 7) is 0. The third-order valence-electron chi connectivity index (χ3n) is 4.23. The second kappa shape index (κ2) is 7.36. The highest BCUT2D eigenvalue weighted by molar-refractivity contribution is 7.90. The Kier molecular flexibility index (Phi) is 5.06. The van der Waals surface area contributed by atoms with Gasteiger partial charge in [0.15, 0.2) is 9.84 Å². The summed E-state index contributed by atoms with van der Waals surface area (Å²) in [7, 11) is -3.96. The van der Waals surface area contributed by atoms with Crippen molar-refractivity contribution in [3.8, 4) is 0 Å². The van der Waals surface area contributed by atoms with Crippen LogP contribution in [0.2, 0.25) is 0 Å². The molecule has 0 aromatic heterocycles. The van der Waals surface area contributed by atoms with Gasteiger partial charge in [-0.25, -0.2) is 8.42 Å². The molecule has 0 fully saturated rings. The van der Waals surface area contributed by atoms with Crippen molar-refractivity contribution in [1.82, 2.24) is 0 Å². The standard InChI is InChI=1S/C17H12N4O8S/c1-30(28,29)16-8-10(19(22)23)6-7-13(16)18-17-12-5-3-2-4-11(12)14(20(24)25)9-15(17)21(26)27/h2-9,18H,1H3. The van der Waals surface area contributed by atoms with E-state index in [4.69, 9.17) is 0 Å².